The molecule has 0 saturated carbocycles. The van der Waals surface area contributed by atoms with E-state index in [2.05, 4.69) is 9.97 Å². The smallest absolute Gasteiger partial charge is 0.222 e. The quantitative estimate of drug-likeness (QED) is 0.658. The van der Waals surface area contributed by atoms with Crippen molar-refractivity contribution in [3.8, 4) is 11.4 Å². The van der Waals surface area contributed by atoms with E-state index in [4.69, 9.17) is 11.6 Å². The molecular formula is C22H24ClN3O. The number of aromatic amines is 1. The highest BCUT2D eigenvalue weighted by molar-refractivity contribution is 6.31. The molecule has 0 atom stereocenters. The predicted octanol–water partition coefficient (Wildman–Crippen LogP) is 5.22. The van der Waals surface area contributed by atoms with Gasteiger partial charge in [-0.1, -0.05) is 17.7 Å². The van der Waals surface area contributed by atoms with Gasteiger partial charge in [-0.25, -0.2) is 0 Å². The number of aryl methyl sites for hydroxylation is 1. The summed E-state index contributed by atoms with van der Waals surface area (Å²) in [4.78, 5) is 22.5. The summed E-state index contributed by atoms with van der Waals surface area (Å²) in [5.74, 6) is 0.284. The van der Waals surface area contributed by atoms with Crippen molar-refractivity contribution in [2.24, 2.45) is 0 Å². The van der Waals surface area contributed by atoms with E-state index in [9.17, 15) is 4.79 Å². The van der Waals surface area contributed by atoms with E-state index in [1.807, 2.05) is 41.3 Å². The Morgan fingerprint density at radius 3 is 2.78 bits per heavy atom. The van der Waals surface area contributed by atoms with E-state index in [1.165, 1.54) is 12.0 Å². The number of benzene rings is 1. The fourth-order valence-electron chi connectivity index (χ4n) is 3.93. The number of rotatable bonds is 5. The first kappa shape index (κ1) is 18.1. The van der Waals surface area contributed by atoms with Gasteiger partial charge in [0, 0.05) is 41.6 Å². The van der Waals surface area contributed by atoms with Crippen LogP contribution >= 0.6 is 11.6 Å². The molecule has 3 aromatic rings. The first-order valence-corrected chi connectivity index (χ1v) is 10.1. The van der Waals surface area contributed by atoms with Crippen LogP contribution in [0.3, 0.4) is 0 Å². The minimum atomic E-state index is 0.284. The second-order valence-electron chi connectivity index (χ2n) is 7.18. The Morgan fingerprint density at radius 1 is 1.15 bits per heavy atom. The summed E-state index contributed by atoms with van der Waals surface area (Å²) in [6.07, 6.45) is 7.56. The number of hydrogen-bond donors (Lipinski definition) is 1. The van der Waals surface area contributed by atoms with Crippen molar-refractivity contribution in [1.82, 2.24) is 14.9 Å². The van der Waals surface area contributed by atoms with Crippen LogP contribution in [0.2, 0.25) is 5.02 Å². The fraction of sp³-hybridized carbons (Fsp3) is 0.364. The summed E-state index contributed by atoms with van der Waals surface area (Å²) in [5.41, 5.74) is 4.19. The van der Waals surface area contributed by atoms with Crippen LogP contribution in [-0.2, 0) is 11.2 Å². The molecule has 0 aliphatic carbocycles. The van der Waals surface area contributed by atoms with Crippen LogP contribution in [0, 0.1) is 0 Å². The van der Waals surface area contributed by atoms with Gasteiger partial charge >= 0.3 is 0 Å². The van der Waals surface area contributed by atoms with Crippen molar-refractivity contribution < 1.29 is 4.79 Å². The highest BCUT2D eigenvalue weighted by atomic mass is 35.5. The molecule has 1 aliphatic rings. The number of carbonyl (C=O) groups is 1. The number of halogens is 1. The number of nitrogens with zero attached hydrogens (tertiary/aromatic N) is 2. The molecule has 1 amide bonds. The lowest BCUT2D eigenvalue weighted by Gasteiger charge is -2.26. The number of likely N-dealkylation sites (tertiary alicyclic amines) is 1. The average Bonchev–Trinajstić information content (AvgIpc) is 3.07. The Morgan fingerprint density at radius 2 is 2.00 bits per heavy atom. The zero-order chi connectivity index (χ0) is 18.6. The van der Waals surface area contributed by atoms with Crippen molar-refractivity contribution in [3.63, 3.8) is 0 Å². The third-order valence-electron chi connectivity index (χ3n) is 5.32. The van der Waals surface area contributed by atoms with Gasteiger partial charge in [0.05, 0.1) is 11.4 Å². The molecule has 0 spiro atoms. The first-order chi connectivity index (χ1) is 13.2. The van der Waals surface area contributed by atoms with Gasteiger partial charge in [-0.05, 0) is 68.0 Å². The molecule has 140 valence electrons. The van der Waals surface area contributed by atoms with Crippen molar-refractivity contribution in [1.29, 1.82) is 0 Å². The van der Waals surface area contributed by atoms with E-state index in [0.29, 0.717) is 6.42 Å². The summed E-state index contributed by atoms with van der Waals surface area (Å²) in [6.45, 7) is 1.83. The summed E-state index contributed by atoms with van der Waals surface area (Å²) >= 11 is 6.24. The fourth-order valence-corrected chi connectivity index (χ4v) is 4.10. The molecule has 1 aliphatic heterocycles. The van der Waals surface area contributed by atoms with Gasteiger partial charge in [-0.2, -0.15) is 0 Å². The third kappa shape index (κ3) is 4.01. The molecule has 1 fully saturated rings. The van der Waals surface area contributed by atoms with Gasteiger partial charge in [0.1, 0.15) is 0 Å². The number of hydrogen-bond acceptors (Lipinski definition) is 2. The standard InChI is InChI=1S/C22H24ClN3O/c23-16-10-11-19-18(15-16)17(22(25-19)20-8-2-3-12-24-20)7-6-9-21(27)26-13-4-1-5-14-26/h2-3,8,10-12,15,25H,1,4-7,9,13-14H2. The normalized spacial score (nSPS) is 14.6. The maximum absolute atomic E-state index is 12.5. The lowest BCUT2D eigenvalue weighted by molar-refractivity contribution is -0.132. The Bertz CT molecular complexity index is 929. The molecule has 27 heavy (non-hydrogen) atoms. The number of carbonyl (C=O) groups excluding carboxylic acids is 1. The Kier molecular flexibility index (Phi) is 5.44. The zero-order valence-electron chi connectivity index (χ0n) is 15.4. The second-order valence-corrected chi connectivity index (χ2v) is 7.61. The van der Waals surface area contributed by atoms with E-state index >= 15 is 0 Å². The molecular weight excluding hydrogens is 358 g/mol. The van der Waals surface area contributed by atoms with E-state index < -0.39 is 0 Å². The van der Waals surface area contributed by atoms with Crippen LogP contribution in [-0.4, -0.2) is 33.9 Å². The number of aromatic nitrogens is 2. The van der Waals surface area contributed by atoms with Crippen LogP contribution in [0.4, 0.5) is 0 Å². The number of H-pyrrole nitrogens is 1. The SMILES string of the molecule is O=C(CCCc1c(-c2ccccn2)[nH]c2ccc(Cl)cc12)N1CCCCC1. The molecule has 1 aromatic carbocycles. The summed E-state index contributed by atoms with van der Waals surface area (Å²) in [6, 6.07) is 11.8. The van der Waals surface area contributed by atoms with E-state index in [-0.39, 0.29) is 5.91 Å². The van der Waals surface area contributed by atoms with Gasteiger partial charge in [0.15, 0.2) is 0 Å². The Balaban J connectivity index is 1.56. The zero-order valence-corrected chi connectivity index (χ0v) is 16.1. The van der Waals surface area contributed by atoms with Gasteiger partial charge < -0.3 is 9.88 Å². The van der Waals surface area contributed by atoms with Crippen molar-refractivity contribution in [2.75, 3.05) is 13.1 Å². The van der Waals surface area contributed by atoms with Crippen molar-refractivity contribution in [3.05, 3.63) is 53.2 Å². The predicted molar refractivity (Wildman–Crippen MR) is 110 cm³/mol. The summed E-state index contributed by atoms with van der Waals surface area (Å²) in [7, 11) is 0. The van der Waals surface area contributed by atoms with Crippen LogP contribution in [0.5, 0.6) is 0 Å². The monoisotopic (exact) mass is 381 g/mol. The molecule has 2 aromatic heterocycles. The van der Waals surface area contributed by atoms with Crippen LogP contribution < -0.4 is 0 Å². The van der Waals surface area contributed by atoms with E-state index in [1.54, 1.807) is 6.20 Å². The number of nitrogens with one attached hydrogen (secondary N) is 1. The average molecular weight is 382 g/mol. The molecule has 0 bridgehead atoms. The summed E-state index contributed by atoms with van der Waals surface area (Å²) in [5, 5.41) is 1.84. The Hall–Kier alpha value is -2.33. The maximum atomic E-state index is 12.5. The Labute approximate surface area is 164 Å². The molecule has 0 radical (unpaired) electrons. The van der Waals surface area contributed by atoms with Gasteiger partial charge in [0.25, 0.3) is 0 Å². The van der Waals surface area contributed by atoms with Gasteiger partial charge in [0.2, 0.25) is 5.91 Å². The van der Waals surface area contributed by atoms with E-state index in [0.717, 1.165) is 66.1 Å². The minimum absolute atomic E-state index is 0.284. The molecule has 4 nitrogen and oxygen atoms in total. The highest BCUT2D eigenvalue weighted by Gasteiger charge is 2.18. The second kappa shape index (κ2) is 8.13. The molecule has 4 rings (SSSR count). The number of pyridine rings is 1. The number of fused-ring (bicyclic) bond motifs is 1. The van der Waals surface area contributed by atoms with Crippen molar-refractivity contribution >= 4 is 28.4 Å². The third-order valence-corrected chi connectivity index (χ3v) is 5.55. The highest BCUT2D eigenvalue weighted by Crippen LogP contribution is 2.32. The van der Waals surface area contributed by atoms with Gasteiger partial charge in [-0.3, -0.25) is 9.78 Å². The minimum Gasteiger partial charge on any atom is -0.353 e. The maximum Gasteiger partial charge on any atom is 0.222 e. The van der Waals surface area contributed by atoms with Crippen LogP contribution in [0.1, 0.15) is 37.7 Å². The number of amides is 1. The molecule has 0 unspecified atom stereocenters. The summed E-state index contributed by atoms with van der Waals surface area (Å²) < 4.78 is 0. The lowest BCUT2D eigenvalue weighted by Crippen LogP contribution is -2.35. The topological polar surface area (TPSA) is 49.0 Å². The first-order valence-electron chi connectivity index (χ1n) is 9.71. The molecule has 5 heteroatoms. The molecule has 1 saturated heterocycles. The number of piperidine rings is 1. The lowest BCUT2D eigenvalue weighted by atomic mass is 10.0. The molecule has 1 N–H and O–H groups in total. The largest absolute Gasteiger partial charge is 0.353 e. The molecule has 3 heterocycles. The van der Waals surface area contributed by atoms with Crippen LogP contribution in [0.25, 0.3) is 22.3 Å². The van der Waals surface area contributed by atoms with Gasteiger partial charge in [-0.15, -0.1) is 0 Å². The van der Waals surface area contributed by atoms with Crippen LogP contribution in [0.15, 0.2) is 42.6 Å². The van der Waals surface area contributed by atoms with Crippen molar-refractivity contribution in [2.45, 2.75) is 38.5 Å².